The lowest BCUT2D eigenvalue weighted by molar-refractivity contribution is -0.131. The summed E-state index contributed by atoms with van der Waals surface area (Å²) in [4.78, 5) is 27.5. The van der Waals surface area contributed by atoms with Crippen LogP contribution in [0.4, 0.5) is 0 Å². The van der Waals surface area contributed by atoms with Gasteiger partial charge in [-0.25, -0.2) is 9.98 Å². The lowest BCUT2D eigenvalue weighted by Crippen LogP contribution is -2.33. The maximum absolute atomic E-state index is 12.5. The number of allylic oxidation sites excluding steroid dienone is 5. The Bertz CT molecular complexity index is 1160. The molecule has 1 aromatic heterocycles. The number of hydrogen-bond donors (Lipinski definition) is 4. The van der Waals surface area contributed by atoms with E-state index in [0.717, 1.165) is 6.42 Å². The van der Waals surface area contributed by atoms with E-state index in [9.17, 15) is 4.79 Å². The molecule has 0 aromatic carbocycles. The van der Waals surface area contributed by atoms with Crippen molar-refractivity contribution in [2.24, 2.45) is 33.1 Å². The normalized spacial score (nSPS) is 17.1. The van der Waals surface area contributed by atoms with Crippen LogP contribution in [0, 0.1) is 0 Å². The molecule has 0 spiro atoms. The number of likely N-dealkylation sites (tertiary alicyclic amines) is 1. The molecule has 198 valence electrons. The first-order valence-corrected chi connectivity index (χ1v) is 11.4. The van der Waals surface area contributed by atoms with Crippen LogP contribution < -0.4 is 23.1 Å². The van der Waals surface area contributed by atoms with Gasteiger partial charge in [-0.2, -0.15) is 11.0 Å². The fourth-order valence-electron chi connectivity index (χ4n) is 3.39. The van der Waals surface area contributed by atoms with Gasteiger partial charge in [0, 0.05) is 56.5 Å². The molecule has 8 N–H and O–H groups in total. The Hall–Kier alpha value is -4.42. The van der Waals surface area contributed by atoms with Gasteiger partial charge >= 0.3 is 0 Å². The summed E-state index contributed by atoms with van der Waals surface area (Å²) in [7, 11) is 1.64. The quantitative estimate of drug-likeness (QED) is 0.139. The highest BCUT2D eigenvalue weighted by Gasteiger charge is 2.26. The molecular formula is C25H35N9O3. The third kappa shape index (κ3) is 8.94. The average Bonchev–Trinajstić information content (AvgIpc) is 3.55. The Kier molecular flexibility index (Phi) is 11.1. The number of ether oxygens (including phenoxy) is 1. The molecule has 0 radical (unpaired) electrons. The topological polar surface area (TPSA) is 185 Å². The molecule has 1 atom stereocenters. The molecule has 1 aromatic rings. The summed E-state index contributed by atoms with van der Waals surface area (Å²) in [5, 5.41) is 4.22. The predicted octanol–water partition coefficient (Wildman–Crippen LogP) is 0.969. The van der Waals surface area contributed by atoms with E-state index in [2.05, 4.69) is 34.8 Å². The van der Waals surface area contributed by atoms with E-state index in [4.69, 9.17) is 32.7 Å². The van der Waals surface area contributed by atoms with E-state index in [1.165, 1.54) is 29.5 Å². The number of carbonyl (C=O) groups is 1. The molecule has 12 heteroatoms. The van der Waals surface area contributed by atoms with Crippen LogP contribution in [0.15, 0.2) is 94.9 Å². The lowest BCUT2D eigenvalue weighted by Gasteiger charge is -2.15. The molecule has 1 unspecified atom stereocenters. The van der Waals surface area contributed by atoms with E-state index >= 15 is 0 Å². The Morgan fingerprint density at radius 1 is 1.27 bits per heavy atom. The van der Waals surface area contributed by atoms with Gasteiger partial charge in [-0.05, 0) is 23.8 Å². The first-order chi connectivity index (χ1) is 17.7. The monoisotopic (exact) mass is 509 g/mol. The van der Waals surface area contributed by atoms with Crippen molar-refractivity contribution in [1.29, 1.82) is 0 Å². The number of nitrogens with zero attached hydrogens (tertiary/aromatic N) is 5. The van der Waals surface area contributed by atoms with E-state index in [0.29, 0.717) is 47.5 Å². The second kappa shape index (κ2) is 14.2. The molecule has 1 saturated heterocycles. The first-order valence-electron chi connectivity index (χ1n) is 11.4. The van der Waals surface area contributed by atoms with E-state index < -0.39 is 0 Å². The summed E-state index contributed by atoms with van der Waals surface area (Å²) >= 11 is 0. The smallest absolute Gasteiger partial charge is 0.248 e. The minimum absolute atomic E-state index is 0.0521. The van der Waals surface area contributed by atoms with Crippen molar-refractivity contribution >= 4 is 18.0 Å². The Balaban J connectivity index is 2.02. The third-order valence-electron chi connectivity index (χ3n) is 5.42. The van der Waals surface area contributed by atoms with Crippen molar-refractivity contribution in [3.05, 3.63) is 90.5 Å². The van der Waals surface area contributed by atoms with Gasteiger partial charge in [0.05, 0.1) is 17.9 Å². The standard InChI is InChI=1S/C25H35N9O3/c1-17(21(11-27)12-30-19(3)28)5-6-20(10-26)9-18(2)32-25(37-29)22-13-31-34(14-22)16-24(35)33-8-7-23(15-33)36-4/h5-6,10-14,23H,1-3,7-9,15-16,26-29H2,4H3/b6-5-,20-10+,21-11+,30-12-,32-25-. The molecule has 12 nitrogen and oxygen atoms in total. The summed E-state index contributed by atoms with van der Waals surface area (Å²) in [5.41, 5.74) is 19.6. The molecule has 0 bridgehead atoms. The number of rotatable bonds is 12. The van der Waals surface area contributed by atoms with Crippen molar-refractivity contribution in [2.75, 3.05) is 20.2 Å². The molecule has 37 heavy (non-hydrogen) atoms. The summed E-state index contributed by atoms with van der Waals surface area (Å²) < 4.78 is 6.81. The molecule has 2 heterocycles. The summed E-state index contributed by atoms with van der Waals surface area (Å²) in [6.07, 6.45) is 12.0. The van der Waals surface area contributed by atoms with Crippen molar-refractivity contribution in [2.45, 2.75) is 25.5 Å². The first kappa shape index (κ1) is 28.8. The summed E-state index contributed by atoms with van der Waals surface area (Å²) in [5.74, 6) is 5.64. The van der Waals surface area contributed by atoms with Crippen molar-refractivity contribution in [3.63, 3.8) is 0 Å². The molecular weight excluding hydrogens is 474 g/mol. The number of carbonyl (C=O) groups excluding carboxylic acids is 1. The number of aromatic nitrogens is 2. The SMILES string of the molecule is C=C(N)/N=C\C(=C/N)C(=C)/C=C\C(=C/N)CC(=C)/N=C(\ON)c1cnn(CC(=O)N2CCC(OC)C2)c1. The predicted molar refractivity (Wildman–Crippen MR) is 144 cm³/mol. The van der Waals surface area contributed by atoms with Crippen LogP contribution in [-0.2, 0) is 20.9 Å². The maximum Gasteiger partial charge on any atom is 0.248 e. The highest BCUT2D eigenvalue weighted by atomic mass is 16.6. The van der Waals surface area contributed by atoms with Gasteiger partial charge in [0.15, 0.2) is 0 Å². The van der Waals surface area contributed by atoms with Crippen LogP contribution in [-0.4, -0.2) is 59.0 Å². The second-order valence-electron chi connectivity index (χ2n) is 8.16. The zero-order valence-corrected chi connectivity index (χ0v) is 21.0. The van der Waals surface area contributed by atoms with Crippen LogP contribution in [0.3, 0.4) is 0 Å². The molecule has 1 aliphatic rings. The van der Waals surface area contributed by atoms with Gasteiger partial charge in [-0.15, -0.1) is 0 Å². The minimum Gasteiger partial charge on any atom is -0.404 e. The van der Waals surface area contributed by atoms with Crippen LogP contribution in [0.5, 0.6) is 0 Å². The number of hydrogen-bond acceptors (Lipinski definition) is 10. The summed E-state index contributed by atoms with van der Waals surface area (Å²) in [6, 6.07) is 0. The minimum atomic E-state index is -0.0521. The number of aliphatic imine (C=N–C) groups is 2. The molecule has 1 aliphatic heterocycles. The molecule has 2 rings (SSSR count). The molecule has 1 amide bonds. The highest BCUT2D eigenvalue weighted by molar-refractivity contribution is 5.94. The van der Waals surface area contributed by atoms with Gasteiger partial charge in [-0.3, -0.25) is 9.48 Å². The third-order valence-corrected chi connectivity index (χ3v) is 5.42. The van der Waals surface area contributed by atoms with Crippen molar-refractivity contribution < 1.29 is 14.4 Å². The second-order valence-corrected chi connectivity index (χ2v) is 8.16. The molecule has 0 saturated carbocycles. The zero-order valence-electron chi connectivity index (χ0n) is 21.0. The number of amides is 1. The fourth-order valence-corrected chi connectivity index (χ4v) is 3.39. The largest absolute Gasteiger partial charge is 0.404 e. The van der Waals surface area contributed by atoms with Gasteiger partial charge in [0.1, 0.15) is 12.4 Å². The number of methoxy groups -OCH3 is 1. The summed E-state index contributed by atoms with van der Waals surface area (Å²) in [6.45, 7) is 12.7. The van der Waals surface area contributed by atoms with E-state index in [-0.39, 0.29) is 30.3 Å². The van der Waals surface area contributed by atoms with Crippen LogP contribution in [0.1, 0.15) is 18.4 Å². The zero-order chi connectivity index (χ0) is 27.4. The Morgan fingerprint density at radius 3 is 2.62 bits per heavy atom. The van der Waals surface area contributed by atoms with Crippen LogP contribution >= 0.6 is 0 Å². The number of nitrogens with two attached hydrogens (primary N) is 4. The van der Waals surface area contributed by atoms with Crippen LogP contribution in [0.2, 0.25) is 0 Å². The Morgan fingerprint density at radius 2 is 2.03 bits per heavy atom. The van der Waals surface area contributed by atoms with Gasteiger partial charge < -0.3 is 31.7 Å². The van der Waals surface area contributed by atoms with Crippen molar-refractivity contribution in [1.82, 2.24) is 14.7 Å². The fraction of sp³-hybridized carbons (Fsp3) is 0.280. The highest BCUT2D eigenvalue weighted by Crippen LogP contribution is 2.16. The van der Waals surface area contributed by atoms with Crippen LogP contribution in [0.25, 0.3) is 0 Å². The van der Waals surface area contributed by atoms with Crippen molar-refractivity contribution in [3.8, 4) is 0 Å². The average molecular weight is 510 g/mol. The lowest BCUT2D eigenvalue weighted by atomic mass is 10.1. The molecule has 0 aliphatic carbocycles. The van der Waals surface area contributed by atoms with Gasteiger partial charge in [0.2, 0.25) is 11.8 Å². The Labute approximate surface area is 216 Å². The van der Waals surface area contributed by atoms with Gasteiger partial charge in [0.25, 0.3) is 0 Å². The van der Waals surface area contributed by atoms with E-state index in [1.807, 2.05) is 0 Å². The van der Waals surface area contributed by atoms with Gasteiger partial charge in [-0.1, -0.05) is 31.9 Å². The molecule has 1 fully saturated rings. The van der Waals surface area contributed by atoms with E-state index in [1.54, 1.807) is 30.4 Å². The maximum atomic E-state index is 12.5.